The van der Waals surface area contributed by atoms with Crippen molar-refractivity contribution in [1.82, 2.24) is 4.98 Å². The molecule has 3 nitrogen and oxygen atoms in total. The molecule has 0 N–H and O–H groups in total. The molecule has 19 heavy (non-hydrogen) atoms. The normalized spacial score (nSPS) is 10.0. The number of aromatic nitrogens is 1. The van der Waals surface area contributed by atoms with Gasteiger partial charge in [0.15, 0.2) is 0 Å². The summed E-state index contributed by atoms with van der Waals surface area (Å²) in [6.07, 6.45) is 1.52. The van der Waals surface area contributed by atoms with Crippen LogP contribution in [0, 0.1) is 11.3 Å². The van der Waals surface area contributed by atoms with Gasteiger partial charge < -0.3 is 4.74 Å². The van der Waals surface area contributed by atoms with E-state index in [-0.39, 0.29) is 0 Å². The smallest absolute Gasteiger partial charge is 0.149 e. The third kappa shape index (κ3) is 3.60. The molecule has 0 spiro atoms. The van der Waals surface area contributed by atoms with Crippen molar-refractivity contribution in [2.45, 2.75) is 5.33 Å². The lowest BCUT2D eigenvalue weighted by Gasteiger charge is -2.09. The molecule has 0 fully saturated rings. The van der Waals surface area contributed by atoms with Crippen LogP contribution in [0.3, 0.4) is 0 Å². The Morgan fingerprint density at radius 1 is 1.26 bits per heavy atom. The van der Waals surface area contributed by atoms with Crippen LogP contribution in [0.4, 0.5) is 0 Å². The Labute approximate surface area is 128 Å². The zero-order chi connectivity index (χ0) is 13.8. The van der Waals surface area contributed by atoms with Crippen molar-refractivity contribution >= 4 is 39.1 Å². The summed E-state index contributed by atoms with van der Waals surface area (Å²) in [6.45, 7) is 0. The first-order valence-electron chi connectivity index (χ1n) is 5.21. The van der Waals surface area contributed by atoms with Crippen molar-refractivity contribution in [1.29, 1.82) is 5.26 Å². The topological polar surface area (TPSA) is 45.9 Å². The summed E-state index contributed by atoms with van der Waals surface area (Å²) in [4.78, 5) is 4.11. The molecule has 0 bridgehead atoms. The van der Waals surface area contributed by atoms with Crippen molar-refractivity contribution < 1.29 is 4.74 Å². The lowest BCUT2D eigenvalue weighted by atomic mass is 10.2. The zero-order valence-electron chi connectivity index (χ0n) is 9.53. The number of halogens is 3. The lowest BCUT2D eigenvalue weighted by molar-refractivity contribution is 0.481. The maximum Gasteiger partial charge on any atom is 0.149 e. The van der Waals surface area contributed by atoms with Crippen LogP contribution in [0.25, 0.3) is 0 Å². The highest BCUT2D eigenvalue weighted by Gasteiger charge is 2.07. The lowest BCUT2D eigenvalue weighted by Crippen LogP contribution is -1.91. The highest BCUT2D eigenvalue weighted by atomic mass is 79.9. The maximum absolute atomic E-state index is 8.88. The van der Waals surface area contributed by atoms with Gasteiger partial charge in [0.25, 0.3) is 0 Å². The molecular weight excluding hydrogens is 351 g/mol. The molecule has 1 heterocycles. The van der Waals surface area contributed by atoms with Gasteiger partial charge in [0.1, 0.15) is 16.5 Å². The van der Waals surface area contributed by atoms with Crippen LogP contribution < -0.4 is 4.74 Å². The van der Waals surface area contributed by atoms with E-state index in [0.29, 0.717) is 32.4 Å². The number of nitriles is 1. The van der Waals surface area contributed by atoms with Crippen molar-refractivity contribution in [2.24, 2.45) is 0 Å². The molecule has 0 unspecified atom stereocenters. The van der Waals surface area contributed by atoms with E-state index < -0.39 is 0 Å². The fourth-order valence-electron chi connectivity index (χ4n) is 1.43. The first-order chi connectivity index (χ1) is 9.12. The molecule has 0 aliphatic carbocycles. The predicted octanol–water partition coefficient (Wildman–Crippen LogP) is 4.95. The van der Waals surface area contributed by atoms with E-state index in [1.165, 1.54) is 6.20 Å². The summed E-state index contributed by atoms with van der Waals surface area (Å²) >= 11 is 15.2. The number of pyridine rings is 1. The number of rotatable bonds is 3. The number of nitrogens with zero attached hydrogens (tertiary/aromatic N) is 2. The Bertz CT molecular complexity index is 656. The minimum atomic E-state index is 0.392. The molecule has 2 aromatic rings. The van der Waals surface area contributed by atoms with Crippen LogP contribution in [-0.4, -0.2) is 4.98 Å². The van der Waals surface area contributed by atoms with E-state index in [9.17, 15) is 0 Å². The monoisotopic (exact) mass is 356 g/mol. The molecular formula is C13H7BrCl2N2O. The third-order valence-corrected chi connectivity index (χ3v) is 3.32. The van der Waals surface area contributed by atoms with Crippen molar-refractivity contribution in [3.8, 4) is 17.6 Å². The average Bonchev–Trinajstić information content (AvgIpc) is 2.40. The van der Waals surface area contributed by atoms with Gasteiger partial charge in [0.05, 0.1) is 17.3 Å². The summed E-state index contributed by atoms with van der Waals surface area (Å²) in [5.41, 5.74) is 1.22. The quantitative estimate of drug-likeness (QED) is 0.730. The minimum Gasteiger partial charge on any atom is -0.456 e. The second-order valence-corrected chi connectivity index (χ2v) is 5.03. The van der Waals surface area contributed by atoms with Crippen LogP contribution >= 0.6 is 39.1 Å². The maximum atomic E-state index is 8.88. The van der Waals surface area contributed by atoms with Gasteiger partial charge in [0, 0.05) is 22.6 Å². The number of ether oxygens (including phenoxy) is 1. The molecule has 0 saturated carbocycles. The molecule has 0 saturated heterocycles. The number of benzene rings is 1. The van der Waals surface area contributed by atoms with E-state index in [1.54, 1.807) is 24.3 Å². The standard InChI is InChI=1S/C13H7BrCl2N2O/c14-5-10-4-13(12(16)7-18-10)19-11-2-8(6-17)1-9(15)3-11/h1-4,7H,5H2. The van der Waals surface area contributed by atoms with Crippen LogP contribution in [0.5, 0.6) is 11.5 Å². The highest BCUT2D eigenvalue weighted by molar-refractivity contribution is 9.08. The van der Waals surface area contributed by atoms with Crippen molar-refractivity contribution in [2.75, 3.05) is 0 Å². The molecule has 6 heteroatoms. The summed E-state index contributed by atoms with van der Waals surface area (Å²) < 4.78 is 5.65. The van der Waals surface area contributed by atoms with Crippen molar-refractivity contribution in [3.63, 3.8) is 0 Å². The van der Waals surface area contributed by atoms with Gasteiger partial charge in [-0.2, -0.15) is 5.26 Å². The third-order valence-electron chi connectivity index (χ3n) is 2.24. The number of alkyl halides is 1. The predicted molar refractivity (Wildman–Crippen MR) is 78.1 cm³/mol. The second kappa shape index (κ2) is 6.25. The molecule has 1 aromatic carbocycles. The summed E-state index contributed by atoms with van der Waals surface area (Å²) in [5, 5.41) is 10.3. The Morgan fingerprint density at radius 2 is 2.05 bits per heavy atom. The summed E-state index contributed by atoms with van der Waals surface area (Å²) in [6, 6.07) is 8.51. The van der Waals surface area contributed by atoms with Gasteiger partial charge in [0.2, 0.25) is 0 Å². The fraction of sp³-hybridized carbons (Fsp3) is 0.0769. The van der Waals surface area contributed by atoms with E-state index >= 15 is 0 Å². The summed E-state index contributed by atoms with van der Waals surface area (Å²) in [7, 11) is 0. The number of hydrogen-bond acceptors (Lipinski definition) is 3. The molecule has 0 aliphatic rings. The van der Waals surface area contributed by atoms with Crippen molar-refractivity contribution in [3.05, 3.63) is 51.8 Å². The van der Waals surface area contributed by atoms with Gasteiger partial charge in [-0.05, 0) is 18.2 Å². The minimum absolute atomic E-state index is 0.392. The Balaban J connectivity index is 2.36. The fourth-order valence-corrected chi connectivity index (χ4v) is 2.10. The van der Waals surface area contributed by atoms with Crippen LogP contribution in [0.1, 0.15) is 11.3 Å². The molecule has 0 amide bonds. The van der Waals surface area contributed by atoms with Gasteiger partial charge in [-0.1, -0.05) is 39.1 Å². The largest absolute Gasteiger partial charge is 0.456 e. The van der Waals surface area contributed by atoms with Gasteiger partial charge in [-0.3, -0.25) is 4.98 Å². The van der Waals surface area contributed by atoms with Gasteiger partial charge >= 0.3 is 0 Å². The molecule has 2 rings (SSSR count). The van der Waals surface area contributed by atoms with Gasteiger partial charge in [-0.15, -0.1) is 0 Å². The van der Waals surface area contributed by atoms with E-state index in [2.05, 4.69) is 20.9 Å². The van der Waals surface area contributed by atoms with Crippen LogP contribution in [0.15, 0.2) is 30.5 Å². The molecule has 0 atom stereocenters. The average molecular weight is 358 g/mol. The van der Waals surface area contributed by atoms with E-state index in [1.807, 2.05) is 6.07 Å². The highest BCUT2D eigenvalue weighted by Crippen LogP contribution is 2.31. The Kier molecular flexibility index (Phi) is 4.65. The van der Waals surface area contributed by atoms with Crippen LogP contribution in [-0.2, 0) is 5.33 Å². The second-order valence-electron chi connectivity index (χ2n) is 3.63. The molecule has 96 valence electrons. The van der Waals surface area contributed by atoms with Crippen LogP contribution in [0.2, 0.25) is 10.0 Å². The first kappa shape index (κ1) is 14.1. The Morgan fingerprint density at radius 3 is 2.74 bits per heavy atom. The van der Waals surface area contributed by atoms with E-state index in [4.69, 9.17) is 33.2 Å². The molecule has 0 aliphatic heterocycles. The SMILES string of the molecule is N#Cc1cc(Cl)cc(Oc2cc(CBr)ncc2Cl)c1. The summed E-state index contributed by atoms with van der Waals surface area (Å²) in [5.74, 6) is 0.926. The van der Waals surface area contributed by atoms with Gasteiger partial charge in [-0.25, -0.2) is 0 Å². The first-order valence-corrected chi connectivity index (χ1v) is 7.09. The zero-order valence-corrected chi connectivity index (χ0v) is 12.6. The number of hydrogen-bond donors (Lipinski definition) is 0. The molecule has 0 radical (unpaired) electrons. The van der Waals surface area contributed by atoms with E-state index in [0.717, 1.165) is 5.69 Å². The Hall–Kier alpha value is -1.28. The molecule has 1 aromatic heterocycles.